The van der Waals surface area contributed by atoms with Crippen LogP contribution in [0.15, 0.2) is 114 Å². The summed E-state index contributed by atoms with van der Waals surface area (Å²) in [6.45, 7) is 2.06. The third kappa shape index (κ3) is 5.03. The predicted molar refractivity (Wildman–Crippen MR) is 159 cm³/mol. The van der Waals surface area contributed by atoms with Crippen LogP contribution in [-0.4, -0.2) is 15.1 Å². The summed E-state index contributed by atoms with van der Waals surface area (Å²) >= 11 is 0. The molecule has 5 aromatic rings. The number of nitrogens with zero attached hydrogens (tertiary/aromatic N) is 2. The number of fused-ring (bicyclic) bond motifs is 1. The highest BCUT2D eigenvalue weighted by Gasteiger charge is 2.26. The molecule has 1 atom stereocenters. The van der Waals surface area contributed by atoms with Gasteiger partial charge in [0.2, 0.25) is 0 Å². The van der Waals surface area contributed by atoms with E-state index in [1.165, 1.54) is 12.5 Å². The summed E-state index contributed by atoms with van der Waals surface area (Å²) in [6.07, 6.45) is 3.64. The largest absolute Gasteiger partial charge is 0.426 e. The number of ether oxygens (including phenoxy) is 1. The number of imidazole rings is 1. The lowest BCUT2D eigenvalue weighted by Gasteiger charge is -2.26. The Morgan fingerprint density at radius 1 is 0.800 bits per heavy atom. The van der Waals surface area contributed by atoms with Gasteiger partial charge in [-0.1, -0.05) is 91.0 Å². The van der Waals surface area contributed by atoms with Crippen molar-refractivity contribution >= 4 is 5.97 Å². The first-order chi connectivity index (χ1) is 19.6. The average Bonchev–Trinajstić information content (AvgIpc) is 3.29. The van der Waals surface area contributed by atoms with E-state index < -0.39 is 0 Å². The molecule has 0 saturated heterocycles. The summed E-state index contributed by atoms with van der Waals surface area (Å²) < 4.78 is 9.30. The van der Waals surface area contributed by atoms with Gasteiger partial charge in [0, 0.05) is 24.6 Å². The van der Waals surface area contributed by atoms with Crippen molar-refractivity contribution in [3.05, 3.63) is 131 Å². The van der Waals surface area contributed by atoms with Crippen molar-refractivity contribution in [2.45, 2.75) is 39.2 Å². The highest BCUT2D eigenvalue weighted by atomic mass is 16.5. The van der Waals surface area contributed by atoms with Gasteiger partial charge in [0.1, 0.15) is 5.75 Å². The Bertz CT molecular complexity index is 1690. The number of rotatable bonds is 7. The Balaban J connectivity index is 1.40. The molecule has 5 heteroatoms. The first kappa shape index (κ1) is 25.6. The molecule has 0 bridgehead atoms. The fraction of sp³-hybridized carbons (Fsp3) is 0.200. The van der Waals surface area contributed by atoms with Gasteiger partial charge in [0.05, 0.1) is 17.1 Å². The van der Waals surface area contributed by atoms with E-state index in [2.05, 4.69) is 30.3 Å². The number of para-hydroxylation sites is 1. The summed E-state index contributed by atoms with van der Waals surface area (Å²) in [6, 6.07) is 36.3. The van der Waals surface area contributed by atoms with Crippen molar-refractivity contribution in [1.29, 1.82) is 0 Å². The molecule has 4 aromatic carbocycles. The van der Waals surface area contributed by atoms with Crippen LogP contribution in [0, 0.1) is 5.92 Å². The van der Waals surface area contributed by atoms with E-state index in [1.54, 1.807) is 0 Å². The quantitative estimate of drug-likeness (QED) is 0.167. The molecule has 0 fully saturated rings. The van der Waals surface area contributed by atoms with Gasteiger partial charge in [-0.25, -0.2) is 4.79 Å². The normalized spacial score (nSPS) is 14.5. The first-order valence-electron chi connectivity index (χ1n) is 13.9. The van der Waals surface area contributed by atoms with Crippen LogP contribution in [-0.2, 0) is 24.2 Å². The first-order valence-corrected chi connectivity index (χ1v) is 13.9. The monoisotopic (exact) mass is 528 g/mol. The van der Waals surface area contributed by atoms with Crippen molar-refractivity contribution < 1.29 is 9.53 Å². The van der Waals surface area contributed by atoms with Crippen LogP contribution in [0.3, 0.4) is 0 Å². The summed E-state index contributed by atoms with van der Waals surface area (Å²) in [5, 5.41) is 0. The minimum Gasteiger partial charge on any atom is -0.426 e. The van der Waals surface area contributed by atoms with Gasteiger partial charge in [-0.15, -0.1) is 0 Å². The zero-order valence-corrected chi connectivity index (χ0v) is 22.6. The lowest BCUT2D eigenvalue weighted by atomic mass is 9.82. The Morgan fingerprint density at radius 2 is 1.43 bits per heavy atom. The maximum absolute atomic E-state index is 14.3. The van der Waals surface area contributed by atoms with Crippen LogP contribution >= 0.6 is 0 Å². The van der Waals surface area contributed by atoms with E-state index >= 15 is 0 Å². The Labute approximate surface area is 234 Å². The van der Waals surface area contributed by atoms with Crippen LogP contribution in [0.4, 0.5) is 0 Å². The van der Waals surface area contributed by atoms with Gasteiger partial charge in [-0.05, 0) is 60.9 Å². The maximum atomic E-state index is 14.3. The molecule has 5 nitrogen and oxygen atoms in total. The SMILES string of the molecule is CC(=O)Oc1cccc2c1CCC(CCn1c(-c3ccccc3)c(-c3ccccc3)n(-c3ccccc3)c1=O)C2. The van der Waals surface area contributed by atoms with Gasteiger partial charge < -0.3 is 4.74 Å². The molecule has 1 heterocycles. The number of benzene rings is 4. The van der Waals surface area contributed by atoms with Crippen molar-refractivity contribution in [3.63, 3.8) is 0 Å². The molecule has 1 aliphatic carbocycles. The second-order valence-corrected chi connectivity index (χ2v) is 10.4. The minimum atomic E-state index is -0.291. The van der Waals surface area contributed by atoms with E-state index in [0.29, 0.717) is 18.2 Å². The molecule has 0 saturated carbocycles. The maximum Gasteiger partial charge on any atom is 0.333 e. The summed E-state index contributed by atoms with van der Waals surface area (Å²) in [4.78, 5) is 25.8. The van der Waals surface area contributed by atoms with Crippen LogP contribution in [0.25, 0.3) is 28.2 Å². The summed E-state index contributed by atoms with van der Waals surface area (Å²) in [7, 11) is 0. The third-order valence-corrected chi connectivity index (χ3v) is 7.80. The topological polar surface area (TPSA) is 53.2 Å². The Hall–Kier alpha value is -4.64. The van der Waals surface area contributed by atoms with Gasteiger partial charge >= 0.3 is 11.7 Å². The van der Waals surface area contributed by atoms with E-state index in [4.69, 9.17) is 4.74 Å². The summed E-state index contributed by atoms with van der Waals surface area (Å²) in [5.74, 6) is 0.815. The lowest BCUT2D eigenvalue weighted by Crippen LogP contribution is -2.26. The molecule has 0 amide bonds. The second-order valence-electron chi connectivity index (χ2n) is 10.4. The number of carbonyl (C=O) groups excluding carboxylic acids is 1. The smallest absolute Gasteiger partial charge is 0.333 e. The molecule has 6 rings (SSSR count). The molecule has 200 valence electrons. The zero-order valence-electron chi connectivity index (χ0n) is 22.6. The lowest BCUT2D eigenvalue weighted by molar-refractivity contribution is -0.131. The molecule has 1 aliphatic rings. The van der Waals surface area contributed by atoms with Crippen molar-refractivity contribution in [3.8, 4) is 34.0 Å². The molecular weight excluding hydrogens is 496 g/mol. The number of hydrogen-bond donors (Lipinski definition) is 0. The van der Waals surface area contributed by atoms with Crippen LogP contribution in [0.1, 0.15) is 30.9 Å². The third-order valence-electron chi connectivity index (χ3n) is 7.80. The van der Waals surface area contributed by atoms with Gasteiger partial charge in [0.15, 0.2) is 0 Å². The molecule has 40 heavy (non-hydrogen) atoms. The number of esters is 1. The molecule has 0 aliphatic heterocycles. The molecule has 0 N–H and O–H groups in total. The van der Waals surface area contributed by atoms with Crippen molar-refractivity contribution in [1.82, 2.24) is 9.13 Å². The second kappa shape index (κ2) is 11.2. The number of carbonyl (C=O) groups is 1. The fourth-order valence-corrected chi connectivity index (χ4v) is 5.98. The Kier molecular flexibility index (Phi) is 7.19. The highest BCUT2D eigenvalue weighted by Crippen LogP contribution is 2.36. The molecule has 1 aromatic heterocycles. The van der Waals surface area contributed by atoms with E-state index in [9.17, 15) is 9.59 Å². The van der Waals surface area contributed by atoms with E-state index in [1.807, 2.05) is 88.0 Å². The zero-order chi connectivity index (χ0) is 27.5. The van der Waals surface area contributed by atoms with Gasteiger partial charge in [-0.2, -0.15) is 0 Å². The predicted octanol–water partition coefficient (Wildman–Crippen LogP) is 7.09. The standard InChI is InChI=1S/C35H32N2O3/c1-25(38)40-32-19-11-16-29-24-26(20-21-31(29)32)22-23-36-33(27-12-5-2-6-13-27)34(28-14-7-3-8-15-28)37(35(36)39)30-17-9-4-10-18-30/h2-19,26H,20-24H2,1H3. The van der Waals surface area contributed by atoms with Crippen LogP contribution < -0.4 is 10.4 Å². The van der Waals surface area contributed by atoms with Gasteiger partial charge in [0.25, 0.3) is 0 Å². The van der Waals surface area contributed by atoms with Crippen LogP contribution in [0.2, 0.25) is 0 Å². The van der Waals surface area contributed by atoms with E-state index in [0.717, 1.165) is 59.4 Å². The summed E-state index contributed by atoms with van der Waals surface area (Å²) in [5.41, 5.74) is 7.06. The van der Waals surface area contributed by atoms with Gasteiger partial charge in [-0.3, -0.25) is 13.9 Å². The highest BCUT2D eigenvalue weighted by molar-refractivity contribution is 5.80. The average molecular weight is 529 g/mol. The molecule has 0 spiro atoms. The molecule has 0 radical (unpaired) electrons. The number of aromatic nitrogens is 2. The minimum absolute atomic E-state index is 0.0303. The number of hydrogen-bond acceptors (Lipinski definition) is 3. The Morgan fingerprint density at radius 3 is 2.08 bits per heavy atom. The fourth-order valence-electron chi connectivity index (χ4n) is 5.98. The van der Waals surface area contributed by atoms with Crippen molar-refractivity contribution in [2.75, 3.05) is 0 Å². The van der Waals surface area contributed by atoms with Crippen LogP contribution in [0.5, 0.6) is 5.75 Å². The molecular formula is C35H32N2O3. The van der Waals surface area contributed by atoms with Crippen molar-refractivity contribution in [2.24, 2.45) is 5.92 Å². The van der Waals surface area contributed by atoms with E-state index in [-0.39, 0.29) is 11.7 Å². The molecule has 1 unspecified atom stereocenters.